The molecule has 0 aliphatic carbocycles. The van der Waals surface area contributed by atoms with E-state index in [0.29, 0.717) is 28.5 Å². The largest absolute Gasteiger partial charge is 0.468 e. The molecule has 0 saturated carbocycles. The number of esters is 1. The zero-order valence-corrected chi connectivity index (χ0v) is 19.1. The molecule has 3 aromatic carbocycles. The van der Waals surface area contributed by atoms with E-state index >= 15 is 0 Å². The van der Waals surface area contributed by atoms with Crippen molar-refractivity contribution in [3.8, 4) is 11.5 Å². The second kappa shape index (κ2) is 10.1. The molecule has 1 aliphatic heterocycles. The summed E-state index contributed by atoms with van der Waals surface area (Å²) >= 11 is 12.1. The van der Waals surface area contributed by atoms with Crippen molar-refractivity contribution in [1.82, 2.24) is 4.84 Å². The van der Waals surface area contributed by atoms with Crippen molar-refractivity contribution in [1.29, 1.82) is 0 Å². The second-order valence-corrected chi connectivity index (χ2v) is 8.01. The number of hydrogen-bond donors (Lipinski definition) is 2. The quantitative estimate of drug-likeness (QED) is 0.266. The Balaban J connectivity index is 1.47. The van der Waals surface area contributed by atoms with Gasteiger partial charge in [-0.3, -0.25) is 9.59 Å². The van der Waals surface area contributed by atoms with Crippen LogP contribution in [0.1, 0.15) is 16.7 Å². The molecular weight excluding hydrogens is 463 g/mol. The van der Waals surface area contributed by atoms with Crippen LogP contribution in [0.2, 0.25) is 5.02 Å². The van der Waals surface area contributed by atoms with Gasteiger partial charge in [-0.15, -0.1) is 0 Å². The van der Waals surface area contributed by atoms with Gasteiger partial charge >= 0.3 is 5.97 Å². The van der Waals surface area contributed by atoms with E-state index in [0.717, 1.165) is 22.4 Å². The Bertz CT molecular complexity index is 1230. The highest BCUT2D eigenvalue weighted by Crippen LogP contribution is 2.35. The molecule has 1 amide bonds. The predicted octanol–water partition coefficient (Wildman–Crippen LogP) is 5.45. The van der Waals surface area contributed by atoms with Crippen LogP contribution in [0.3, 0.4) is 0 Å². The Hall–Kier alpha value is -3.32. The first kappa shape index (κ1) is 22.9. The topological polar surface area (TPSA) is 76.7 Å². The molecule has 4 rings (SSSR count). The van der Waals surface area contributed by atoms with Crippen molar-refractivity contribution < 1.29 is 19.1 Å². The van der Waals surface area contributed by atoms with E-state index in [9.17, 15) is 9.59 Å². The monoisotopic (exact) mass is 482 g/mol. The summed E-state index contributed by atoms with van der Waals surface area (Å²) in [7, 11) is 1.31. The Morgan fingerprint density at radius 2 is 1.88 bits per heavy atom. The number of carbonyl (C=O) groups is 2. The Morgan fingerprint density at radius 1 is 1.12 bits per heavy atom. The van der Waals surface area contributed by atoms with Crippen molar-refractivity contribution in [3.63, 3.8) is 0 Å². The summed E-state index contributed by atoms with van der Waals surface area (Å²) in [6.45, 7) is 0. The number of anilines is 1. The zero-order valence-electron chi connectivity index (χ0n) is 17.6. The molecule has 0 spiro atoms. The fourth-order valence-electron chi connectivity index (χ4n) is 3.50. The molecule has 2 N–H and O–H groups in total. The number of carbonyl (C=O) groups excluding carboxylic acids is 2. The van der Waals surface area contributed by atoms with Gasteiger partial charge in [0.25, 0.3) is 5.91 Å². The van der Waals surface area contributed by atoms with E-state index in [4.69, 9.17) is 32.9 Å². The van der Waals surface area contributed by atoms with Crippen LogP contribution in [0.4, 0.5) is 5.69 Å². The van der Waals surface area contributed by atoms with Gasteiger partial charge in [0.15, 0.2) is 0 Å². The van der Waals surface area contributed by atoms with Crippen LogP contribution in [0, 0.1) is 0 Å². The third-order valence-corrected chi connectivity index (χ3v) is 5.74. The molecule has 0 fully saturated rings. The second-order valence-electron chi connectivity index (χ2n) is 7.38. The molecule has 1 heterocycles. The van der Waals surface area contributed by atoms with E-state index in [1.54, 1.807) is 30.3 Å². The van der Waals surface area contributed by atoms with E-state index in [-0.39, 0.29) is 5.91 Å². The van der Waals surface area contributed by atoms with E-state index in [2.05, 4.69) is 10.2 Å². The van der Waals surface area contributed by atoms with Crippen molar-refractivity contribution in [2.24, 2.45) is 0 Å². The lowest BCUT2D eigenvalue weighted by atomic mass is 10.0. The molecule has 6 nitrogen and oxygen atoms in total. The summed E-state index contributed by atoms with van der Waals surface area (Å²) < 4.78 is 10.6. The summed E-state index contributed by atoms with van der Waals surface area (Å²) in [6, 6.07) is 19.5. The number of ether oxygens (including phenoxy) is 2. The molecule has 0 aromatic heterocycles. The van der Waals surface area contributed by atoms with Crippen molar-refractivity contribution >= 4 is 52.6 Å². The average Bonchev–Trinajstić information content (AvgIpc) is 3.14. The lowest BCUT2D eigenvalue weighted by Gasteiger charge is -2.13. The van der Waals surface area contributed by atoms with Gasteiger partial charge in [0, 0.05) is 16.8 Å². The summed E-state index contributed by atoms with van der Waals surface area (Å²) in [5.41, 5.74) is 3.91. The minimum Gasteiger partial charge on any atom is -0.468 e. The number of hydrogen-bond acceptors (Lipinski definition) is 5. The molecule has 33 heavy (non-hydrogen) atoms. The maximum Gasteiger partial charge on any atom is 0.324 e. The first-order valence-corrected chi connectivity index (χ1v) is 10.9. The first-order chi connectivity index (χ1) is 16.0. The highest BCUT2D eigenvalue weighted by atomic mass is 35.5. The molecule has 3 aromatic rings. The summed E-state index contributed by atoms with van der Waals surface area (Å²) in [5, 5.41) is 3.27. The fourth-order valence-corrected chi connectivity index (χ4v) is 3.90. The van der Waals surface area contributed by atoms with Gasteiger partial charge in [-0.2, -0.15) is 0 Å². The van der Waals surface area contributed by atoms with Crippen LogP contribution in [0.15, 0.2) is 66.7 Å². The minimum absolute atomic E-state index is 0.147. The van der Waals surface area contributed by atoms with E-state index in [1.165, 1.54) is 7.11 Å². The lowest BCUT2D eigenvalue weighted by Crippen LogP contribution is -2.33. The van der Waals surface area contributed by atoms with Crippen molar-refractivity contribution in [2.75, 3.05) is 12.4 Å². The summed E-state index contributed by atoms with van der Waals surface area (Å²) in [6.07, 6.45) is 2.17. The SMILES string of the molecule is COC(=O)[C@@H](Cc1ccc(Oc2ccc(/C=C3/C(=O)Nc4ccccc43)cc2Cl)cc1)NCl. The van der Waals surface area contributed by atoms with Crippen LogP contribution in [0.25, 0.3) is 11.6 Å². The third-order valence-electron chi connectivity index (χ3n) is 5.19. The standard InChI is InChI=1S/C25H20Cl2N2O4/c1-32-25(31)22(29-27)14-15-6-9-17(10-7-15)33-23-11-8-16(13-20(23)26)12-19-18-4-2-3-5-21(18)28-24(19)30/h2-13,22,29H,14H2,1H3,(H,28,30)/b19-12+/t22-/m1/s1. The minimum atomic E-state index is -0.645. The van der Waals surface area contributed by atoms with Gasteiger partial charge < -0.3 is 14.8 Å². The number of para-hydroxylation sites is 1. The molecule has 1 aliphatic rings. The van der Waals surface area contributed by atoms with Crippen LogP contribution in [-0.2, 0) is 20.7 Å². The van der Waals surface area contributed by atoms with Crippen LogP contribution < -0.4 is 14.9 Å². The first-order valence-electron chi connectivity index (χ1n) is 10.1. The normalized spacial score (nSPS) is 14.5. The van der Waals surface area contributed by atoms with Gasteiger partial charge in [0.05, 0.1) is 12.1 Å². The maximum absolute atomic E-state index is 12.3. The average molecular weight is 483 g/mol. The van der Waals surface area contributed by atoms with Gasteiger partial charge in [-0.05, 0) is 65.7 Å². The number of amides is 1. The molecule has 1 atom stereocenters. The zero-order chi connectivity index (χ0) is 23.4. The fraction of sp³-hybridized carbons (Fsp3) is 0.120. The molecule has 0 saturated heterocycles. The number of nitrogens with one attached hydrogen (secondary N) is 2. The Morgan fingerprint density at radius 3 is 2.58 bits per heavy atom. The molecule has 0 bridgehead atoms. The number of fused-ring (bicyclic) bond motifs is 1. The van der Waals surface area contributed by atoms with E-state index < -0.39 is 12.0 Å². The third kappa shape index (κ3) is 5.20. The molecule has 0 radical (unpaired) electrons. The van der Waals surface area contributed by atoms with Gasteiger partial charge in [0.1, 0.15) is 17.5 Å². The number of methoxy groups -OCH3 is 1. The Labute approximate surface area is 201 Å². The highest BCUT2D eigenvalue weighted by molar-refractivity contribution is 6.35. The lowest BCUT2D eigenvalue weighted by molar-refractivity contribution is -0.142. The summed E-state index contributed by atoms with van der Waals surface area (Å²) in [4.78, 5) is 26.4. The molecule has 0 unspecified atom stereocenters. The Kier molecular flexibility index (Phi) is 6.99. The van der Waals surface area contributed by atoms with Crippen LogP contribution in [0.5, 0.6) is 11.5 Å². The van der Waals surface area contributed by atoms with Crippen LogP contribution in [-0.4, -0.2) is 25.0 Å². The van der Waals surface area contributed by atoms with Crippen LogP contribution >= 0.6 is 23.4 Å². The highest BCUT2D eigenvalue weighted by Gasteiger charge is 2.23. The molecule has 168 valence electrons. The molecule has 8 heteroatoms. The van der Waals surface area contributed by atoms with Gasteiger partial charge in [-0.1, -0.05) is 48.0 Å². The van der Waals surface area contributed by atoms with Gasteiger partial charge in [0.2, 0.25) is 0 Å². The maximum atomic E-state index is 12.3. The molecular formula is C25H20Cl2N2O4. The predicted molar refractivity (Wildman–Crippen MR) is 129 cm³/mol. The van der Waals surface area contributed by atoms with Gasteiger partial charge in [-0.25, -0.2) is 4.84 Å². The smallest absolute Gasteiger partial charge is 0.324 e. The number of benzene rings is 3. The van der Waals surface area contributed by atoms with Crippen molar-refractivity contribution in [3.05, 3.63) is 88.4 Å². The summed E-state index contributed by atoms with van der Waals surface area (Å²) in [5.74, 6) is 0.485. The number of rotatable bonds is 7. The number of halogens is 2. The van der Waals surface area contributed by atoms with Crippen molar-refractivity contribution in [2.45, 2.75) is 12.5 Å². The van der Waals surface area contributed by atoms with E-state index in [1.807, 2.05) is 42.5 Å².